The van der Waals surface area contributed by atoms with E-state index in [1.165, 1.54) is 0 Å². The Balaban J connectivity index is 1.31. The molecule has 2 aliphatic heterocycles. The van der Waals surface area contributed by atoms with Crippen LogP contribution in [0, 0.1) is 12.8 Å². The summed E-state index contributed by atoms with van der Waals surface area (Å²) in [6, 6.07) is 11.0. The minimum atomic E-state index is 0.0486. The number of anilines is 3. The summed E-state index contributed by atoms with van der Waals surface area (Å²) in [5.74, 6) is 3.56. The van der Waals surface area contributed by atoms with E-state index in [0.717, 1.165) is 74.5 Å². The van der Waals surface area contributed by atoms with Gasteiger partial charge >= 0.3 is 0 Å². The van der Waals surface area contributed by atoms with Crippen LogP contribution < -0.4 is 10.2 Å². The van der Waals surface area contributed by atoms with Gasteiger partial charge in [0.1, 0.15) is 17.5 Å². The quantitative estimate of drug-likeness (QED) is 0.542. The van der Waals surface area contributed by atoms with E-state index in [-0.39, 0.29) is 5.91 Å². The lowest BCUT2D eigenvalue weighted by Gasteiger charge is -2.33. The number of nitrogens with one attached hydrogen (secondary N) is 2. The zero-order valence-electron chi connectivity index (χ0n) is 20.2. The molecule has 2 saturated heterocycles. The van der Waals surface area contributed by atoms with Gasteiger partial charge in [0, 0.05) is 74.1 Å². The average Bonchev–Trinajstić information content (AvgIpc) is 3.48. The van der Waals surface area contributed by atoms with Crippen LogP contribution in [0.2, 0.25) is 5.02 Å². The molecule has 1 atom stereocenters. The number of carbonyl (C=O) groups excluding carboxylic acids is 1. The number of aryl methyl sites for hydroxylation is 1. The maximum Gasteiger partial charge on any atom is 0.253 e. The summed E-state index contributed by atoms with van der Waals surface area (Å²) in [5.41, 5.74) is 1.65. The molecule has 1 aromatic carbocycles. The van der Waals surface area contributed by atoms with E-state index in [9.17, 15) is 4.79 Å². The topological polar surface area (TPSA) is 93.3 Å². The zero-order chi connectivity index (χ0) is 24.4. The third-order valence-electron chi connectivity index (χ3n) is 6.68. The number of likely N-dealkylation sites (N-methyl/N-ethyl adjacent to an activating group) is 1. The van der Waals surface area contributed by atoms with Crippen molar-refractivity contribution >= 4 is 35.0 Å². The Morgan fingerprint density at radius 3 is 2.57 bits per heavy atom. The Labute approximate surface area is 210 Å². The maximum absolute atomic E-state index is 12.9. The standard InChI is InChI=1S/C25H31ClN8O/c1-17-13-23(31-30-17)28-22-15-24(33-11-9-32(2)10-12-33)29-21(27-22)14-18-7-8-34(16-18)25(35)19-3-5-20(26)6-4-19/h3-6,13,15,18H,7-12,14,16H2,1-2H3,(H2,27,28,29,30,31)/t18-/m0/s1. The van der Waals surface area contributed by atoms with Crippen LogP contribution in [-0.2, 0) is 6.42 Å². The molecular weight excluding hydrogens is 464 g/mol. The van der Waals surface area contributed by atoms with E-state index < -0.39 is 0 Å². The van der Waals surface area contributed by atoms with Gasteiger partial charge in [-0.15, -0.1) is 0 Å². The molecule has 2 fully saturated rings. The third-order valence-corrected chi connectivity index (χ3v) is 6.94. The number of hydrogen-bond acceptors (Lipinski definition) is 7. The van der Waals surface area contributed by atoms with Gasteiger partial charge < -0.3 is 20.0 Å². The van der Waals surface area contributed by atoms with Gasteiger partial charge in [0.2, 0.25) is 0 Å². The lowest BCUT2D eigenvalue weighted by molar-refractivity contribution is 0.0787. The van der Waals surface area contributed by atoms with Crippen molar-refractivity contribution < 1.29 is 4.79 Å². The number of H-pyrrole nitrogens is 1. The SMILES string of the molecule is Cc1cc(Nc2cc(N3CCN(C)CC3)nc(C[C@@H]3CCN(C(=O)c4ccc(Cl)cc4)C3)n2)n[nH]1. The van der Waals surface area contributed by atoms with Crippen LogP contribution in [0.1, 0.15) is 28.3 Å². The highest BCUT2D eigenvalue weighted by Crippen LogP contribution is 2.25. The van der Waals surface area contributed by atoms with Crippen LogP contribution in [-0.4, -0.2) is 82.2 Å². The number of likely N-dealkylation sites (tertiary alicyclic amines) is 1. The Morgan fingerprint density at radius 1 is 1.09 bits per heavy atom. The molecule has 0 radical (unpaired) electrons. The number of hydrogen-bond donors (Lipinski definition) is 2. The molecule has 4 heterocycles. The number of piperazine rings is 1. The normalized spacial score (nSPS) is 18.8. The number of nitrogens with zero attached hydrogens (tertiary/aromatic N) is 6. The van der Waals surface area contributed by atoms with Crippen molar-refractivity contribution in [1.82, 2.24) is 30.0 Å². The summed E-state index contributed by atoms with van der Waals surface area (Å²) in [6.45, 7) is 7.28. The molecule has 2 aliphatic rings. The van der Waals surface area contributed by atoms with Gasteiger partial charge in [0.15, 0.2) is 5.82 Å². The van der Waals surface area contributed by atoms with Gasteiger partial charge in [-0.2, -0.15) is 5.10 Å². The summed E-state index contributed by atoms with van der Waals surface area (Å²) in [5, 5.41) is 11.2. The van der Waals surface area contributed by atoms with Gasteiger partial charge in [0.05, 0.1) is 0 Å². The van der Waals surface area contributed by atoms with Crippen LogP contribution in [0.25, 0.3) is 0 Å². The van der Waals surface area contributed by atoms with E-state index in [1.807, 2.05) is 24.0 Å². The largest absolute Gasteiger partial charge is 0.354 e. The lowest BCUT2D eigenvalue weighted by Crippen LogP contribution is -2.45. The van der Waals surface area contributed by atoms with E-state index >= 15 is 0 Å². The molecule has 0 aliphatic carbocycles. The van der Waals surface area contributed by atoms with Crippen molar-refractivity contribution in [2.75, 3.05) is 56.5 Å². The van der Waals surface area contributed by atoms with Crippen molar-refractivity contribution in [2.24, 2.45) is 5.92 Å². The van der Waals surface area contributed by atoms with Crippen LogP contribution in [0.4, 0.5) is 17.5 Å². The third kappa shape index (κ3) is 5.74. The molecule has 35 heavy (non-hydrogen) atoms. The summed E-state index contributed by atoms with van der Waals surface area (Å²) < 4.78 is 0. The summed E-state index contributed by atoms with van der Waals surface area (Å²) in [4.78, 5) is 29.2. The number of carbonyl (C=O) groups is 1. The minimum absolute atomic E-state index is 0.0486. The summed E-state index contributed by atoms with van der Waals surface area (Å²) in [7, 11) is 2.15. The molecule has 2 N–H and O–H groups in total. The zero-order valence-corrected chi connectivity index (χ0v) is 20.9. The molecule has 0 bridgehead atoms. The lowest BCUT2D eigenvalue weighted by atomic mass is 10.0. The molecule has 0 spiro atoms. The predicted molar refractivity (Wildman–Crippen MR) is 138 cm³/mol. The van der Waals surface area contributed by atoms with E-state index in [1.54, 1.807) is 24.3 Å². The molecule has 2 aromatic heterocycles. The average molecular weight is 495 g/mol. The second-order valence-electron chi connectivity index (χ2n) is 9.50. The van der Waals surface area contributed by atoms with Crippen LogP contribution in [0.15, 0.2) is 36.4 Å². The van der Waals surface area contributed by atoms with Crippen molar-refractivity contribution in [1.29, 1.82) is 0 Å². The molecule has 0 saturated carbocycles. The van der Waals surface area contributed by atoms with Crippen molar-refractivity contribution in [3.8, 4) is 0 Å². The number of benzene rings is 1. The van der Waals surface area contributed by atoms with Crippen molar-refractivity contribution in [3.05, 3.63) is 58.5 Å². The molecule has 10 heteroatoms. The Hall–Kier alpha value is -3.17. The second-order valence-corrected chi connectivity index (χ2v) is 9.93. The molecule has 3 aromatic rings. The number of rotatable bonds is 6. The molecule has 9 nitrogen and oxygen atoms in total. The fourth-order valence-electron chi connectivity index (χ4n) is 4.67. The first kappa shape index (κ1) is 23.6. The number of amides is 1. The van der Waals surface area contributed by atoms with E-state index in [0.29, 0.717) is 23.0 Å². The predicted octanol–water partition coefficient (Wildman–Crippen LogP) is 3.36. The molecule has 184 valence electrons. The summed E-state index contributed by atoms with van der Waals surface area (Å²) >= 11 is 5.98. The van der Waals surface area contributed by atoms with E-state index in [2.05, 4.69) is 32.4 Å². The smallest absolute Gasteiger partial charge is 0.253 e. The number of aromatic amines is 1. The first-order valence-corrected chi connectivity index (χ1v) is 12.5. The van der Waals surface area contributed by atoms with Gasteiger partial charge in [-0.25, -0.2) is 9.97 Å². The molecule has 0 unspecified atom stereocenters. The Morgan fingerprint density at radius 2 is 1.86 bits per heavy atom. The van der Waals surface area contributed by atoms with Gasteiger partial charge in [0.25, 0.3) is 5.91 Å². The van der Waals surface area contributed by atoms with Crippen molar-refractivity contribution in [3.63, 3.8) is 0 Å². The Kier molecular flexibility index (Phi) is 6.88. The number of aromatic nitrogens is 4. The molecular formula is C25H31ClN8O. The first-order chi connectivity index (χ1) is 16.9. The van der Waals surface area contributed by atoms with E-state index in [4.69, 9.17) is 21.6 Å². The van der Waals surface area contributed by atoms with Crippen molar-refractivity contribution in [2.45, 2.75) is 19.8 Å². The summed E-state index contributed by atoms with van der Waals surface area (Å²) in [6.07, 6.45) is 1.66. The second kappa shape index (κ2) is 10.2. The minimum Gasteiger partial charge on any atom is -0.354 e. The molecule has 1 amide bonds. The van der Waals surface area contributed by atoms with Gasteiger partial charge in [-0.3, -0.25) is 9.89 Å². The monoisotopic (exact) mass is 494 g/mol. The van der Waals surface area contributed by atoms with Gasteiger partial charge in [-0.1, -0.05) is 11.6 Å². The van der Waals surface area contributed by atoms with Crippen LogP contribution in [0.5, 0.6) is 0 Å². The fraction of sp³-hybridized carbons (Fsp3) is 0.440. The van der Waals surface area contributed by atoms with Crippen LogP contribution >= 0.6 is 11.6 Å². The highest BCUT2D eigenvalue weighted by Gasteiger charge is 2.28. The highest BCUT2D eigenvalue weighted by atomic mass is 35.5. The van der Waals surface area contributed by atoms with Crippen LogP contribution in [0.3, 0.4) is 0 Å². The maximum atomic E-state index is 12.9. The highest BCUT2D eigenvalue weighted by molar-refractivity contribution is 6.30. The van der Waals surface area contributed by atoms with Gasteiger partial charge in [-0.05, 0) is 50.6 Å². The first-order valence-electron chi connectivity index (χ1n) is 12.1. The Bertz CT molecular complexity index is 1170. The molecule has 5 rings (SSSR count). The fourth-order valence-corrected chi connectivity index (χ4v) is 4.79. The number of halogens is 1.